The average molecular weight is 876 g/mol. The average Bonchev–Trinajstić information content (AvgIpc) is 3.05. The number of carbonyl (C=O) groups excluding carboxylic acids is 3. The third kappa shape index (κ3) is 5.66. The number of ether oxygens (including phenoxy) is 3. The first-order chi connectivity index (χ1) is 22.1. The molecular weight excluding hydrogens is 831 g/mol. The van der Waals surface area contributed by atoms with Crippen LogP contribution in [-0.2, 0) is 23.8 Å². The standard InChI is InChI=1S/C37H44O10.Ac/c1-20(22-12-8-6-9-13-22)29(40)33(42)46-25-18-37(44)31(47-32(41)23-14-10-7-11-15-23)30-35(5,27(39)17-28-36(30,43)19-45-28)26(38)16-24(21(25)2)34(37,3)4;/h6-15,20,25,27-31,39-40,43-44H,16-19H2,1-5H3;/t20-,25?,27?,28?,29?,30?,31?,35+,36-,37?;/m0./s1. The van der Waals surface area contributed by atoms with Gasteiger partial charge in [0.25, 0.3) is 0 Å². The van der Waals surface area contributed by atoms with Crippen LogP contribution in [0.2, 0.25) is 0 Å². The molecule has 3 fully saturated rings. The molecule has 48 heavy (non-hydrogen) atoms. The molecule has 10 nitrogen and oxygen atoms in total. The number of Topliss-reactive ketones (excluding diaryl/α,β-unsaturated/α-hetero) is 1. The van der Waals surface area contributed by atoms with Gasteiger partial charge in [0.2, 0.25) is 0 Å². The van der Waals surface area contributed by atoms with E-state index in [-0.39, 0.29) is 75.5 Å². The SMILES string of the molecule is CC1=C2CC(=O)[C@]3(C)C(O)CC4OC[C@@]4(O)C3C(OC(=O)c3ccccc3)C(O)(CC1OC(=O)C(O)[C@@H](C)c1ccccc1)C2(C)C.[Ac]. The van der Waals surface area contributed by atoms with E-state index in [4.69, 9.17) is 14.2 Å². The molecule has 10 atom stereocenters. The molecule has 1 aliphatic heterocycles. The van der Waals surface area contributed by atoms with Gasteiger partial charge in [-0.2, -0.15) is 0 Å². The molecule has 1 heterocycles. The summed E-state index contributed by atoms with van der Waals surface area (Å²) in [6, 6.07) is 17.2. The van der Waals surface area contributed by atoms with E-state index in [1.165, 1.54) is 0 Å². The van der Waals surface area contributed by atoms with Crippen LogP contribution in [0.5, 0.6) is 0 Å². The van der Waals surface area contributed by atoms with Gasteiger partial charge in [0.15, 0.2) is 6.10 Å². The minimum absolute atomic E-state index is 0. The molecule has 255 valence electrons. The predicted octanol–water partition coefficient (Wildman–Crippen LogP) is 3.26. The van der Waals surface area contributed by atoms with Gasteiger partial charge in [0, 0.05) is 80.6 Å². The fraction of sp³-hybridized carbons (Fsp3) is 0.541. The van der Waals surface area contributed by atoms with Crippen LogP contribution in [0.15, 0.2) is 71.8 Å². The Labute approximate surface area is 316 Å². The summed E-state index contributed by atoms with van der Waals surface area (Å²) in [6.45, 7) is 8.30. The Morgan fingerprint density at radius 1 is 0.979 bits per heavy atom. The first-order valence-electron chi connectivity index (χ1n) is 16.2. The number of rotatable bonds is 6. The van der Waals surface area contributed by atoms with Crippen LogP contribution in [0.25, 0.3) is 0 Å². The van der Waals surface area contributed by atoms with E-state index < -0.39 is 82.1 Å². The fourth-order valence-corrected chi connectivity index (χ4v) is 8.55. The van der Waals surface area contributed by atoms with Crippen molar-refractivity contribution in [2.45, 2.75) is 102 Å². The quantitative estimate of drug-likeness (QED) is 0.251. The number of esters is 2. The Morgan fingerprint density at radius 3 is 2.17 bits per heavy atom. The minimum atomic E-state index is -2.02. The van der Waals surface area contributed by atoms with Crippen LogP contribution in [-0.4, -0.2) is 86.5 Å². The molecule has 1 saturated heterocycles. The zero-order valence-electron chi connectivity index (χ0n) is 28.0. The van der Waals surface area contributed by atoms with Gasteiger partial charge in [0.05, 0.1) is 29.8 Å². The van der Waals surface area contributed by atoms with Gasteiger partial charge in [0.1, 0.15) is 29.2 Å². The Morgan fingerprint density at radius 2 is 1.58 bits per heavy atom. The largest absolute Gasteiger partial charge is 0.456 e. The second-order valence-electron chi connectivity index (χ2n) is 14.6. The van der Waals surface area contributed by atoms with Crippen molar-refractivity contribution in [1.29, 1.82) is 0 Å². The second kappa shape index (κ2) is 13.3. The number of fused-ring (bicyclic) bond motifs is 5. The van der Waals surface area contributed by atoms with Crippen molar-refractivity contribution >= 4 is 17.7 Å². The predicted molar refractivity (Wildman–Crippen MR) is 169 cm³/mol. The molecule has 4 aliphatic rings. The molecule has 2 saturated carbocycles. The summed E-state index contributed by atoms with van der Waals surface area (Å²) in [5, 5.41) is 47.8. The number of aliphatic hydroxyl groups is 4. The molecule has 11 heteroatoms. The van der Waals surface area contributed by atoms with E-state index in [0.717, 1.165) is 5.56 Å². The van der Waals surface area contributed by atoms with Gasteiger partial charge in [-0.25, -0.2) is 9.59 Å². The maximum atomic E-state index is 14.5. The molecular formula is C37H44AcO10. The van der Waals surface area contributed by atoms with E-state index in [9.17, 15) is 34.8 Å². The van der Waals surface area contributed by atoms with Gasteiger partial charge in [-0.15, -0.1) is 0 Å². The van der Waals surface area contributed by atoms with Crippen LogP contribution in [0.1, 0.15) is 75.7 Å². The molecule has 2 aromatic carbocycles. The maximum absolute atomic E-state index is 14.5. The minimum Gasteiger partial charge on any atom is -0.456 e. The Kier molecular flexibility index (Phi) is 10.3. The fourth-order valence-electron chi connectivity index (χ4n) is 8.55. The molecule has 2 bridgehead atoms. The number of hydrogen-bond donors (Lipinski definition) is 4. The molecule has 3 aliphatic carbocycles. The summed E-state index contributed by atoms with van der Waals surface area (Å²) in [7, 11) is 0. The number of carbonyl (C=O) groups is 3. The summed E-state index contributed by atoms with van der Waals surface area (Å²) >= 11 is 0. The molecule has 2 aromatic rings. The number of ketones is 1. The third-order valence-corrected chi connectivity index (χ3v) is 11.9. The van der Waals surface area contributed by atoms with Gasteiger partial charge in [-0.05, 0) is 37.1 Å². The van der Waals surface area contributed by atoms with Gasteiger partial charge in [-0.3, -0.25) is 4.79 Å². The van der Waals surface area contributed by atoms with Crippen LogP contribution in [0, 0.1) is 60.8 Å². The van der Waals surface area contributed by atoms with Crippen molar-refractivity contribution < 1.29 is 93.1 Å². The van der Waals surface area contributed by atoms with Crippen molar-refractivity contribution in [3.05, 3.63) is 82.9 Å². The monoisotopic (exact) mass is 875 g/mol. The molecule has 4 N–H and O–H groups in total. The summed E-state index contributed by atoms with van der Waals surface area (Å²) in [4.78, 5) is 41.7. The maximum Gasteiger partial charge on any atom is 0.338 e. The molecule has 1 radical (unpaired) electrons. The third-order valence-electron chi connectivity index (χ3n) is 11.9. The van der Waals surface area contributed by atoms with Gasteiger partial charge >= 0.3 is 11.9 Å². The first-order valence-corrected chi connectivity index (χ1v) is 16.2. The first kappa shape index (κ1) is 37.3. The van der Waals surface area contributed by atoms with Crippen LogP contribution in [0.3, 0.4) is 0 Å². The molecule has 0 aromatic heterocycles. The molecule has 6 rings (SSSR count). The topological polar surface area (TPSA) is 160 Å². The molecule has 0 amide bonds. The van der Waals surface area contributed by atoms with Crippen molar-refractivity contribution in [3.8, 4) is 0 Å². The van der Waals surface area contributed by atoms with E-state index in [1.54, 1.807) is 89.2 Å². The van der Waals surface area contributed by atoms with Gasteiger partial charge < -0.3 is 34.6 Å². The zero-order valence-corrected chi connectivity index (χ0v) is 32.7. The van der Waals surface area contributed by atoms with Crippen LogP contribution in [0.4, 0.5) is 0 Å². The van der Waals surface area contributed by atoms with E-state index in [0.29, 0.717) is 11.1 Å². The smallest absolute Gasteiger partial charge is 0.338 e. The zero-order chi connectivity index (χ0) is 34.1. The second-order valence-corrected chi connectivity index (χ2v) is 14.6. The van der Waals surface area contributed by atoms with Gasteiger partial charge in [-0.1, -0.05) is 74.9 Å². The van der Waals surface area contributed by atoms with Crippen LogP contribution >= 0.6 is 0 Å². The van der Waals surface area contributed by atoms with Crippen LogP contribution < -0.4 is 0 Å². The van der Waals surface area contributed by atoms with Crippen molar-refractivity contribution in [3.63, 3.8) is 0 Å². The summed E-state index contributed by atoms with van der Waals surface area (Å²) in [5.41, 5.74) is -4.65. The number of benzene rings is 2. The number of hydrogen-bond acceptors (Lipinski definition) is 10. The van der Waals surface area contributed by atoms with Crippen molar-refractivity contribution in [2.75, 3.05) is 6.61 Å². The Hall–Kier alpha value is -1.97. The van der Waals surface area contributed by atoms with Crippen molar-refractivity contribution in [1.82, 2.24) is 0 Å². The summed E-state index contributed by atoms with van der Waals surface area (Å²) < 4.78 is 17.8. The Bertz CT molecular complexity index is 1590. The van der Waals surface area contributed by atoms with Crippen molar-refractivity contribution in [2.24, 2.45) is 16.7 Å². The normalized spacial score (nSPS) is 36.4. The Balaban J connectivity index is 0.00000451. The molecule has 7 unspecified atom stereocenters. The van der Waals surface area contributed by atoms with E-state index >= 15 is 0 Å². The number of aliphatic hydroxyl groups excluding tert-OH is 2. The van der Waals surface area contributed by atoms with E-state index in [2.05, 4.69) is 0 Å². The summed E-state index contributed by atoms with van der Waals surface area (Å²) in [5.74, 6) is -3.97. The molecule has 0 spiro atoms. The summed E-state index contributed by atoms with van der Waals surface area (Å²) in [6.07, 6.45) is -6.77. The van der Waals surface area contributed by atoms with E-state index in [1.807, 2.05) is 6.07 Å².